The zero-order valence-electron chi connectivity index (χ0n) is 27.1. The number of piperazine rings is 1. The van der Waals surface area contributed by atoms with Gasteiger partial charge in [-0.1, -0.05) is 95.5 Å². The number of anilines is 1. The molecule has 0 bridgehead atoms. The summed E-state index contributed by atoms with van der Waals surface area (Å²) in [5.74, 6) is -0.692. The Bertz CT molecular complexity index is 1780. The lowest BCUT2D eigenvalue weighted by atomic mass is 9.98. The lowest BCUT2D eigenvalue weighted by Crippen LogP contribution is -2.49. The molecule has 1 amide bonds. The Morgan fingerprint density at radius 2 is 1.54 bits per heavy atom. The molecule has 0 spiro atoms. The van der Waals surface area contributed by atoms with Gasteiger partial charge in [0.15, 0.2) is 6.29 Å². The van der Waals surface area contributed by atoms with Crippen molar-refractivity contribution < 1.29 is 24.3 Å². The highest BCUT2D eigenvalue weighted by molar-refractivity contribution is 6.76. The number of nitrogens with zero attached hydrogens (tertiary/aromatic N) is 3. The number of benzene rings is 4. The van der Waals surface area contributed by atoms with Crippen molar-refractivity contribution in [2.75, 3.05) is 37.6 Å². The standard InChI is InChI=1S/C37H37Cl3N4O6/c38-37(39,40)36(46)41-22-26-3-1-4-28(19-26)29-5-2-6-30(20-29)35-49-33(21-34(50-35)27-9-7-25(24-45)8-10-27)23-42-15-17-43(18-16-42)31-11-13-32(14-12-31)44(47)48/h1-14,19-20,33-35,45H,15-18,21-24H2,(H,41,46)/t33-,34+,35+/m1/s1. The molecule has 4 aromatic rings. The molecule has 2 heterocycles. The summed E-state index contributed by atoms with van der Waals surface area (Å²) in [6, 6.07) is 30.4. The number of carbonyl (C=O) groups is 1. The molecular weight excluding hydrogens is 703 g/mol. The fourth-order valence-corrected chi connectivity index (χ4v) is 6.50. The maximum absolute atomic E-state index is 12.1. The molecule has 10 nitrogen and oxygen atoms in total. The van der Waals surface area contributed by atoms with Crippen LogP contribution in [0.25, 0.3) is 11.1 Å². The first-order valence-corrected chi connectivity index (χ1v) is 17.5. The van der Waals surface area contributed by atoms with Gasteiger partial charge in [-0.15, -0.1) is 0 Å². The third-order valence-corrected chi connectivity index (χ3v) is 9.52. The number of nitro benzene ring substituents is 1. The topological polar surface area (TPSA) is 117 Å². The number of amides is 1. The summed E-state index contributed by atoms with van der Waals surface area (Å²) >= 11 is 17.1. The van der Waals surface area contributed by atoms with Crippen LogP contribution < -0.4 is 10.2 Å². The van der Waals surface area contributed by atoms with E-state index in [9.17, 15) is 20.0 Å². The van der Waals surface area contributed by atoms with E-state index < -0.39 is 16.0 Å². The molecule has 0 aliphatic carbocycles. The van der Waals surface area contributed by atoms with Gasteiger partial charge >= 0.3 is 0 Å². The van der Waals surface area contributed by atoms with Gasteiger partial charge in [0.1, 0.15) is 0 Å². The van der Waals surface area contributed by atoms with E-state index in [1.807, 2.05) is 66.7 Å². The lowest BCUT2D eigenvalue weighted by Gasteiger charge is -2.41. The van der Waals surface area contributed by atoms with Crippen molar-refractivity contribution in [3.05, 3.63) is 129 Å². The number of non-ortho nitro benzene ring substituents is 1. The molecule has 4 aromatic carbocycles. The number of aliphatic hydroxyl groups excluding tert-OH is 1. The van der Waals surface area contributed by atoms with Crippen molar-refractivity contribution in [1.29, 1.82) is 0 Å². The molecular formula is C37H37Cl3N4O6. The van der Waals surface area contributed by atoms with Crippen LogP contribution in [0.2, 0.25) is 0 Å². The number of nitro groups is 1. The van der Waals surface area contributed by atoms with Gasteiger partial charge in [0.2, 0.25) is 0 Å². The number of halogens is 3. The lowest BCUT2D eigenvalue weighted by molar-refractivity contribution is -0.384. The van der Waals surface area contributed by atoms with Crippen molar-refractivity contribution in [2.45, 2.75) is 41.9 Å². The minimum Gasteiger partial charge on any atom is -0.392 e. The molecule has 2 N–H and O–H groups in total. The molecule has 50 heavy (non-hydrogen) atoms. The third-order valence-electron chi connectivity index (χ3n) is 9.00. The largest absolute Gasteiger partial charge is 0.392 e. The molecule has 2 fully saturated rings. The number of hydrogen-bond acceptors (Lipinski definition) is 8. The molecule has 13 heteroatoms. The first kappa shape index (κ1) is 36.1. The van der Waals surface area contributed by atoms with E-state index >= 15 is 0 Å². The summed E-state index contributed by atoms with van der Waals surface area (Å²) in [6.45, 7) is 4.14. The van der Waals surface area contributed by atoms with Crippen LogP contribution in [0.4, 0.5) is 11.4 Å². The zero-order valence-corrected chi connectivity index (χ0v) is 29.4. The molecule has 2 aliphatic heterocycles. The van der Waals surface area contributed by atoms with Crippen molar-refractivity contribution >= 4 is 52.1 Å². The summed E-state index contributed by atoms with van der Waals surface area (Å²) in [6.07, 6.45) is -0.291. The highest BCUT2D eigenvalue weighted by Crippen LogP contribution is 2.39. The van der Waals surface area contributed by atoms with Crippen LogP contribution in [-0.2, 0) is 27.4 Å². The second-order valence-electron chi connectivity index (χ2n) is 12.4. The minimum absolute atomic E-state index is 0.0285. The summed E-state index contributed by atoms with van der Waals surface area (Å²) in [4.78, 5) is 27.4. The van der Waals surface area contributed by atoms with E-state index in [1.165, 1.54) is 0 Å². The van der Waals surface area contributed by atoms with Crippen LogP contribution in [0.1, 0.15) is 41.1 Å². The van der Waals surface area contributed by atoms with E-state index in [2.05, 4.69) is 21.2 Å². The maximum Gasteiger partial charge on any atom is 0.272 e. The summed E-state index contributed by atoms with van der Waals surface area (Å²) < 4.78 is 11.2. The van der Waals surface area contributed by atoms with Gasteiger partial charge in [-0.05, 0) is 52.1 Å². The van der Waals surface area contributed by atoms with E-state index in [1.54, 1.807) is 24.3 Å². The molecule has 0 unspecified atom stereocenters. The van der Waals surface area contributed by atoms with Gasteiger partial charge < -0.3 is 24.8 Å². The van der Waals surface area contributed by atoms with Crippen LogP contribution in [0, 0.1) is 10.1 Å². The molecule has 2 aliphatic rings. The summed E-state index contributed by atoms with van der Waals surface area (Å²) in [5, 5.41) is 23.3. The summed E-state index contributed by atoms with van der Waals surface area (Å²) in [7, 11) is 0. The van der Waals surface area contributed by atoms with E-state index in [0.717, 1.165) is 71.8 Å². The predicted molar refractivity (Wildman–Crippen MR) is 194 cm³/mol. The molecule has 0 radical (unpaired) electrons. The number of hydrogen-bond donors (Lipinski definition) is 2. The SMILES string of the molecule is O=C(NCc1cccc(-c2cccc([C@H]3O[C@@H](CN4CCN(c5ccc([N+](=O)[O-])cc5)CC4)C[C@@H](c4ccc(CO)cc4)O3)c2)c1)C(Cl)(Cl)Cl. The second kappa shape index (κ2) is 16.1. The molecule has 262 valence electrons. The van der Waals surface area contributed by atoms with Crippen LogP contribution in [-0.4, -0.2) is 63.5 Å². The van der Waals surface area contributed by atoms with Crippen molar-refractivity contribution in [3.63, 3.8) is 0 Å². The van der Waals surface area contributed by atoms with Crippen LogP contribution in [0.3, 0.4) is 0 Å². The predicted octanol–water partition coefficient (Wildman–Crippen LogP) is 7.11. The third kappa shape index (κ3) is 9.13. The number of nitrogens with one attached hydrogen (secondary N) is 1. The molecule has 6 rings (SSSR count). The molecule has 2 saturated heterocycles. The smallest absolute Gasteiger partial charge is 0.272 e. The highest BCUT2D eigenvalue weighted by atomic mass is 35.6. The Hall–Kier alpha value is -3.74. The fraction of sp³-hybridized carbons (Fsp3) is 0.324. The monoisotopic (exact) mass is 738 g/mol. The number of alkyl halides is 3. The number of ether oxygens (including phenoxy) is 2. The number of aliphatic hydroxyl groups is 1. The Kier molecular flexibility index (Phi) is 11.6. The van der Waals surface area contributed by atoms with Gasteiger partial charge in [0.25, 0.3) is 15.4 Å². The normalized spacial score (nSPS) is 20.0. The fourth-order valence-electron chi connectivity index (χ4n) is 6.30. The van der Waals surface area contributed by atoms with E-state index in [-0.39, 0.29) is 36.0 Å². The Morgan fingerprint density at radius 3 is 2.20 bits per heavy atom. The number of rotatable bonds is 10. The van der Waals surface area contributed by atoms with Crippen molar-refractivity contribution in [1.82, 2.24) is 10.2 Å². The van der Waals surface area contributed by atoms with Gasteiger partial charge in [-0.2, -0.15) is 0 Å². The van der Waals surface area contributed by atoms with E-state index in [4.69, 9.17) is 44.3 Å². The minimum atomic E-state index is -2.04. The van der Waals surface area contributed by atoms with Gasteiger partial charge in [-0.25, -0.2) is 0 Å². The zero-order chi connectivity index (χ0) is 35.3. The Labute approximate surface area is 305 Å². The second-order valence-corrected chi connectivity index (χ2v) is 14.7. The number of carbonyl (C=O) groups excluding carboxylic acids is 1. The van der Waals surface area contributed by atoms with Crippen molar-refractivity contribution in [2.24, 2.45) is 0 Å². The van der Waals surface area contributed by atoms with E-state index in [0.29, 0.717) is 6.42 Å². The highest BCUT2D eigenvalue weighted by Gasteiger charge is 2.34. The quantitative estimate of drug-likeness (QED) is 0.101. The van der Waals surface area contributed by atoms with Crippen LogP contribution >= 0.6 is 34.8 Å². The van der Waals surface area contributed by atoms with Gasteiger partial charge in [0.05, 0.1) is 23.7 Å². The summed E-state index contributed by atoms with van der Waals surface area (Å²) in [5.41, 5.74) is 6.54. The van der Waals surface area contributed by atoms with Crippen LogP contribution in [0.5, 0.6) is 0 Å². The van der Waals surface area contributed by atoms with Crippen molar-refractivity contribution in [3.8, 4) is 11.1 Å². The molecule has 3 atom stereocenters. The van der Waals surface area contributed by atoms with Gasteiger partial charge in [-0.3, -0.25) is 19.8 Å². The molecule has 0 saturated carbocycles. The van der Waals surface area contributed by atoms with Crippen LogP contribution in [0.15, 0.2) is 97.1 Å². The van der Waals surface area contributed by atoms with Gasteiger partial charge in [0, 0.05) is 69.1 Å². The average Bonchev–Trinajstić information content (AvgIpc) is 3.14. The first-order valence-electron chi connectivity index (χ1n) is 16.3. The maximum atomic E-state index is 12.1. The Balaban J connectivity index is 1.16. The first-order chi connectivity index (χ1) is 24.1. The average molecular weight is 740 g/mol. The Morgan fingerprint density at radius 1 is 0.860 bits per heavy atom. The molecule has 0 aromatic heterocycles.